The summed E-state index contributed by atoms with van der Waals surface area (Å²) in [4.78, 5) is 18.2. The summed E-state index contributed by atoms with van der Waals surface area (Å²) in [5.74, 6) is 0.0363. The quantitative estimate of drug-likeness (QED) is 0.590. The molecular formula is C21H18N2O. The Bertz CT molecular complexity index is 1020. The van der Waals surface area contributed by atoms with Crippen LogP contribution in [-0.4, -0.2) is 22.8 Å². The van der Waals surface area contributed by atoms with E-state index < -0.39 is 0 Å². The lowest BCUT2D eigenvalue weighted by atomic mass is 10.0. The van der Waals surface area contributed by atoms with E-state index in [1.807, 2.05) is 73.8 Å². The van der Waals surface area contributed by atoms with Gasteiger partial charge in [-0.05, 0) is 23.8 Å². The van der Waals surface area contributed by atoms with Gasteiger partial charge in [-0.15, -0.1) is 0 Å². The predicted molar refractivity (Wildman–Crippen MR) is 98.0 cm³/mol. The first kappa shape index (κ1) is 14.5. The second-order valence-electron chi connectivity index (χ2n) is 6.05. The third-order valence-electron chi connectivity index (χ3n) is 4.37. The predicted octanol–water partition coefficient (Wildman–Crippen LogP) is 4.59. The summed E-state index contributed by atoms with van der Waals surface area (Å²) in [7, 11) is 1.85. The maximum absolute atomic E-state index is 13.0. The number of benzene rings is 3. The zero-order valence-corrected chi connectivity index (χ0v) is 13.5. The number of H-pyrrole nitrogens is 1. The zero-order valence-electron chi connectivity index (χ0n) is 13.5. The fraction of sp³-hybridized carbons (Fsp3) is 0.0952. The number of nitrogens with one attached hydrogen (secondary N) is 1. The van der Waals surface area contributed by atoms with E-state index >= 15 is 0 Å². The van der Waals surface area contributed by atoms with Crippen LogP contribution < -0.4 is 0 Å². The molecule has 0 aliphatic carbocycles. The molecule has 0 unspecified atom stereocenters. The van der Waals surface area contributed by atoms with Crippen LogP contribution in [0.2, 0.25) is 0 Å². The van der Waals surface area contributed by atoms with Crippen LogP contribution in [0.3, 0.4) is 0 Å². The van der Waals surface area contributed by atoms with Crippen LogP contribution in [0.25, 0.3) is 21.8 Å². The third kappa shape index (κ3) is 2.44. The Morgan fingerprint density at radius 2 is 1.58 bits per heavy atom. The second kappa shape index (κ2) is 5.85. The molecule has 0 saturated carbocycles. The molecule has 3 aromatic carbocycles. The first-order valence-electron chi connectivity index (χ1n) is 8.03. The standard InChI is InChI=1S/C21H18N2O/c1-23(14-15-8-3-2-4-9-15)21(24)17-11-7-13-19-20(17)16-10-5-6-12-18(16)22-19/h2-13,22H,14H2,1H3. The Hall–Kier alpha value is -3.07. The van der Waals surface area contributed by atoms with E-state index in [9.17, 15) is 4.79 Å². The number of aromatic amines is 1. The van der Waals surface area contributed by atoms with E-state index in [2.05, 4.69) is 11.1 Å². The molecular weight excluding hydrogens is 296 g/mol. The van der Waals surface area contributed by atoms with E-state index in [1.165, 1.54) is 0 Å². The van der Waals surface area contributed by atoms with Crippen LogP contribution >= 0.6 is 0 Å². The normalized spacial score (nSPS) is 11.0. The van der Waals surface area contributed by atoms with Crippen molar-refractivity contribution in [1.29, 1.82) is 0 Å². The largest absolute Gasteiger partial charge is 0.354 e. The number of hydrogen-bond donors (Lipinski definition) is 1. The van der Waals surface area contributed by atoms with E-state index in [0.717, 1.165) is 32.9 Å². The molecule has 3 nitrogen and oxygen atoms in total. The molecule has 4 rings (SSSR count). The molecule has 0 atom stereocenters. The lowest BCUT2D eigenvalue weighted by molar-refractivity contribution is 0.0787. The van der Waals surface area contributed by atoms with Gasteiger partial charge in [0.25, 0.3) is 5.91 Å². The van der Waals surface area contributed by atoms with Crippen LogP contribution in [0.15, 0.2) is 72.8 Å². The number of amides is 1. The SMILES string of the molecule is CN(Cc1ccccc1)C(=O)c1cccc2[nH]c3ccccc3c12. The number of fused-ring (bicyclic) bond motifs is 3. The van der Waals surface area contributed by atoms with Crippen molar-refractivity contribution in [2.45, 2.75) is 6.54 Å². The molecule has 1 heterocycles. The Labute approximate surface area is 140 Å². The monoisotopic (exact) mass is 314 g/mol. The Balaban J connectivity index is 1.76. The Kier molecular flexibility index (Phi) is 3.54. The van der Waals surface area contributed by atoms with Gasteiger partial charge in [0.15, 0.2) is 0 Å². The minimum Gasteiger partial charge on any atom is -0.354 e. The molecule has 0 fully saturated rings. The molecule has 4 aromatic rings. The minimum atomic E-state index is 0.0363. The summed E-state index contributed by atoms with van der Waals surface area (Å²) >= 11 is 0. The van der Waals surface area contributed by atoms with Crippen molar-refractivity contribution >= 4 is 27.7 Å². The van der Waals surface area contributed by atoms with Gasteiger partial charge in [0.1, 0.15) is 0 Å². The average Bonchev–Trinajstić information content (AvgIpc) is 3.00. The molecule has 3 heteroatoms. The number of rotatable bonds is 3. The van der Waals surface area contributed by atoms with Gasteiger partial charge in [-0.3, -0.25) is 4.79 Å². The maximum Gasteiger partial charge on any atom is 0.254 e. The number of carbonyl (C=O) groups is 1. The number of hydrogen-bond acceptors (Lipinski definition) is 1. The smallest absolute Gasteiger partial charge is 0.254 e. The Morgan fingerprint density at radius 3 is 2.42 bits per heavy atom. The van der Waals surface area contributed by atoms with Crippen molar-refractivity contribution in [2.75, 3.05) is 7.05 Å². The third-order valence-corrected chi connectivity index (χ3v) is 4.37. The number of para-hydroxylation sites is 1. The van der Waals surface area contributed by atoms with E-state index in [1.54, 1.807) is 4.90 Å². The highest BCUT2D eigenvalue weighted by atomic mass is 16.2. The fourth-order valence-electron chi connectivity index (χ4n) is 3.21. The topological polar surface area (TPSA) is 36.1 Å². The summed E-state index contributed by atoms with van der Waals surface area (Å²) in [6.45, 7) is 0.596. The Morgan fingerprint density at radius 1 is 0.875 bits per heavy atom. The van der Waals surface area contributed by atoms with Crippen molar-refractivity contribution in [1.82, 2.24) is 9.88 Å². The molecule has 0 bridgehead atoms. The highest BCUT2D eigenvalue weighted by molar-refractivity contribution is 6.17. The summed E-state index contributed by atoms with van der Waals surface area (Å²) < 4.78 is 0. The zero-order chi connectivity index (χ0) is 16.5. The minimum absolute atomic E-state index is 0.0363. The van der Waals surface area contributed by atoms with E-state index in [4.69, 9.17) is 0 Å². The molecule has 0 spiro atoms. The van der Waals surface area contributed by atoms with Gasteiger partial charge < -0.3 is 9.88 Å². The highest BCUT2D eigenvalue weighted by Crippen LogP contribution is 2.29. The molecule has 0 aliphatic rings. The lowest BCUT2D eigenvalue weighted by Crippen LogP contribution is -2.26. The first-order chi connectivity index (χ1) is 11.7. The molecule has 1 amide bonds. The maximum atomic E-state index is 13.0. The van der Waals surface area contributed by atoms with Crippen LogP contribution in [0.5, 0.6) is 0 Å². The van der Waals surface area contributed by atoms with Gasteiger partial charge in [-0.1, -0.05) is 54.6 Å². The van der Waals surface area contributed by atoms with Crippen LogP contribution in [0.4, 0.5) is 0 Å². The van der Waals surface area contributed by atoms with Gasteiger partial charge in [-0.25, -0.2) is 0 Å². The number of aromatic nitrogens is 1. The molecule has 24 heavy (non-hydrogen) atoms. The van der Waals surface area contributed by atoms with Crippen LogP contribution in [0, 0.1) is 0 Å². The summed E-state index contributed by atoms with van der Waals surface area (Å²) in [5, 5.41) is 2.09. The average molecular weight is 314 g/mol. The van der Waals surface area contributed by atoms with E-state index in [0.29, 0.717) is 6.54 Å². The summed E-state index contributed by atoms with van der Waals surface area (Å²) in [6, 6.07) is 24.0. The highest BCUT2D eigenvalue weighted by Gasteiger charge is 2.17. The molecule has 1 N–H and O–H groups in total. The summed E-state index contributed by atoms with van der Waals surface area (Å²) in [5.41, 5.74) is 3.91. The van der Waals surface area contributed by atoms with Gasteiger partial charge >= 0.3 is 0 Å². The number of carbonyl (C=O) groups excluding carboxylic acids is 1. The number of nitrogens with zero attached hydrogens (tertiary/aromatic N) is 1. The van der Waals surface area contributed by atoms with Gasteiger partial charge in [-0.2, -0.15) is 0 Å². The lowest BCUT2D eigenvalue weighted by Gasteiger charge is -2.18. The second-order valence-corrected chi connectivity index (χ2v) is 6.05. The first-order valence-corrected chi connectivity index (χ1v) is 8.03. The van der Waals surface area contributed by atoms with Gasteiger partial charge in [0.05, 0.1) is 0 Å². The van der Waals surface area contributed by atoms with Gasteiger partial charge in [0, 0.05) is 41.0 Å². The molecule has 118 valence electrons. The van der Waals surface area contributed by atoms with Gasteiger partial charge in [0.2, 0.25) is 0 Å². The fourth-order valence-corrected chi connectivity index (χ4v) is 3.21. The molecule has 0 saturated heterocycles. The van der Waals surface area contributed by atoms with Crippen molar-refractivity contribution in [3.63, 3.8) is 0 Å². The van der Waals surface area contributed by atoms with Crippen molar-refractivity contribution in [2.24, 2.45) is 0 Å². The van der Waals surface area contributed by atoms with Crippen molar-refractivity contribution < 1.29 is 4.79 Å². The molecule has 0 aliphatic heterocycles. The molecule has 0 radical (unpaired) electrons. The van der Waals surface area contributed by atoms with Crippen molar-refractivity contribution in [3.05, 3.63) is 83.9 Å². The van der Waals surface area contributed by atoms with Crippen LogP contribution in [-0.2, 0) is 6.54 Å². The molecule has 1 aromatic heterocycles. The van der Waals surface area contributed by atoms with E-state index in [-0.39, 0.29) is 5.91 Å². The summed E-state index contributed by atoms with van der Waals surface area (Å²) in [6.07, 6.45) is 0. The van der Waals surface area contributed by atoms with Crippen LogP contribution in [0.1, 0.15) is 15.9 Å². The van der Waals surface area contributed by atoms with Crippen molar-refractivity contribution in [3.8, 4) is 0 Å².